The van der Waals surface area contributed by atoms with Crippen LogP contribution in [0.3, 0.4) is 0 Å². The third-order valence-corrected chi connectivity index (χ3v) is 21.3. The number of β-amino-alcohol motifs (C(OH)–C–C–N with tert-alkyl or cyclic N) is 1. The van der Waals surface area contributed by atoms with E-state index < -0.39 is 161 Å². The molecule has 4 aliphatic rings. The number of H-pyrrole nitrogens is 4. The zero-order valence-electron chi connectivity index (χ0n) is 64.4. The van der Waals surface area contributed by atoms with Crippen molar-refractivity contribution in [2.45, 2.75) is 113 Å². The number of carbonyl (C=O) groups excluding carboxylic acids is 8. The Morgan fingerprint density at radius 1 is 0.352 bits per heavy atom. The van der Waals surface area contributed by atoms with Crippen LogP contribution in [0.1, 0.15) is 67.7 Å². The van der Waals surface area contributed by atoms with Crippen LogP contribution < -0.4 is 42.5 Å². The fourth-order valence-electron chi connectivity index (χ4n) is 15.2. The van der Waals surface area contributed by atoms with E-state index in [1.165, 1.54) is 121 Å². The Morgan fingerprint density at radius 3 is 0.861 bits per heavy atom. The molecule has 0 saturated carbocycles. The molecule has 35 heteroatoms. The van der Waals surface area contributed by atoms with Gasteiger partial charge in [-0.2, -0.15) is 0 Å². The number of nitrogens with one attached hydrogen (secondary N) is 12. The van der Waals surface area contributed by atoms with Gasteiger partial charge < -0.3 is 67.6 Å². The number of benzene rings is 8. The molecule has 0 radical (unpaired) electrons. The molecule has 8 atom stereocenters. The minimum Gasteiger partial charge on any atom is -0.389 e. The van der Waals surface area contributed by atoms with Gasteiger partial charge in [0.2, 0.25) is 47.3 Å². The van der Waals surface area contributed by atoms with Crippen molar-refractivity contribution in [2.24, 2.45) is 5.92 Å². The van der Waals surface area contributed by atoms with Crippen LogP contribution in [0.15, 0.2) is 146 Å². The Morgan fingerprint density at radius 2 is 0.615 bits per heavy atom. The number of amides is 8. The van der Waals surface area contributed by atoms with Crippen molar-refractivity contribution in [2.75, 3.05) is 26.4 Å². The zero-order valence-corrected chi connectivity index (χ0v) is 64.4. The van der Waals surface area contributed by atoms with Crippen LogP contribution in [0.5, 0.6) is 0 Å². The quantitative estimate of drug-likeness (QED) is 0.0287. The smallest absolute Gasteiger partial charge is 0.245 e. The summed E-state index contributed by atoms with van der Waals surface area (Å²) in [5.41, 5.74) is 6.46. The minimum absolute atomic E-state index is 0.0208. The van der Waals surface area contributed by atoms with E-state index in [9.17, 15) is 105 Å². The van der Waals surface area contributed by atoms with Crippen molar-refractivity contribution >= 4 is 90.9 Å². The molecule has 8 amide bonds. The Labute approximate surface area is 684 Å². The van der Waals surface area contributed by atoms with E-state index in [-0.39, 0.29) is 127 Å². The Balaban J connectivity index is 0.000000140. The second kappa shape index (κ2) is 37.5. The number of halogens is 14. The molecule has 8 heterocycles. The van der Waals surface area contributed by atoms with Crippen LogP contribution in [0, 0.1) is 75.7 Å². The molecule has 0 bridgehead atoms. The van der Waals surface area contributed by atoms with Gasteiger partial charge in [0.05, 0.1) is 34.2 Å². The molecule has 13 N–H and O–H groups in total. The van der Waals surface area contributed by atoms with Gasteiger partial charge in [-0.05, 0) is 204 Å². The molecule has 636 valence electrons. The van der Waals surface area contributed by atoms with Crippen LogP contribution in [-0.4, -0.2) is 141 Å². The molecular weight excluding hydrogens is 1620 g/mol. The van der Waals surface area contributed by atoms with Gasteiger partial charge in [0.1, 0.15) is 113 Å². The number of aliphatic hydroxyl groups is 1. The van der Waals surface area contributed by atoms with Crippen molar-refractivity contribution < 1.29 is 105 Å². The number of aromatic amines is 4. The van der Waals surface area contributed by atoms with E-state index in [1.54, 1.807) is 0 Å². The maximum atomic E-state index is 14.3. The minimum atomic E-state index is -1.04. The normalized spacial score (nSPS) is 18.5. The number of aliphatic hydroxyl groups excluding tert-OH is 1. The lowest BCUT2D eigenvalue weighted by atomic mass is 10.00. The first-order chi connectivity index (χ1) is 58.4. The highest BCUT2D eigenvalue weighted by atomic mass is 19.2. The van der Waals surface area contributed by atoms with Gasteiger partial charge in [0.25, 0.3) is 0 Å². The SMILES string of the molecule is C[C@H]1CNC(=O)[C@H]1NC(=O)CCc1c(-c2ccc(F)cc2)[nH]c2c(F)cc(F)cc12.O=C(CCc1c(-c2ccc(F)cc2)[nH]c2c(F)cc(F)cc12)N[C@@H]1C(=O)NC[C@@H]1O.O=C(CCc1c(-c2ccc(F)cc2)[nH]c2c(F)cc(F)cc12)N[C@H]1C[C@@H](CF)NC1=O.O=C(CCc1c(-c2ccc(F)cc2)[nH]c2c(F)cc(F)cc12)N[C@H]1C[C@H](CF)NC1=O. The summed E-state index contributed by atoms with van der Waals surface area (Å²) in [6.45, 7) is 0.983. The van der Waals surface area contributed by atoms with Gasteiger partial charge >= 0.3 is 0 Å². The maximum Gasteiger partial charge on any atom is 0.245 e. The number of carbonyl (C=O) groups is 8. The van der Waals surface area contributed by atoms with Crippen molar-refractivity contribution in [3.05, 3.63) is 238 Å². The molecule has 122 heavy (non-hydrogen) atoms. The summed E-state index contributed by atoms with van der Waals surface area (Å²) in [6, 6.07) is 25.3. The fourth-order valence-corrected chi connectivity index (χ4v) is 15.2. The molecule has 0 unspecified atom stereocenters. The van der Waals surface area contributed by atoms with Gasteiger partial charge in [0.15, 0.2) is 0 Å². The summed E-state index contributed by atoms with van der Waals surface area (Å²) >= 11 is 0. The fraction of sp³-hybridized carbons (Fsp3) is 0.264. The Kier molecular flexibility index (Phi) is 26.6. The van der Waals surface area contributed by atoms with Crippen molar-refractivity contribution in [1.29, 1.82) is 0 Å². The van der Waals surface area contributed by atoms with Gasteiger partial charge in [0, 0.05) is 113 Å². The highest BCUT2D eigenvalue weighted by molar-refractivity contribution is 5.98. The number of fused-ring (bicyclic) bond motifs is 4. The average Bonchev–Trinajstić information content (AvgIpc) is 1.64. The predicted octanol–water partition coefficient (Wildman–Crippen LogP) is 12.7. The summed E-state index contributed by atoms with van der Waals surface area (Å²) < 4.78 is 191. The highest BCUT2D eigenvalue weighted by Gasteiger charge is 2.38. The van der Waals surface area contributed by atoms with Crippen molar-refractivity contribution in [1.82, 2.24) is 62.5 Å². The van der Waals surface area contributed by atoms with Crippen LogP contribution in [0.4, 0.5) is 61.5 Å². The second-order valence-electron chi connectivity index (χ2n) is 29.7. The van der Waals surface area contributed by atoms with Gasteiger partial charge in [-0.25, -0.2) is 61.5 Å². The van der Waals surface area contributed by atoms with Gasteiger partial charge in [-0.15, -0.1) is 0 Å². The molecule has 4 aliphatic heterocycles. The van der Waals surface area contributed by atoms with Crippen LogP contribution >= 0.6 is 0 Å². The highest BCUT2D eigenvalue weighted by Crippen LogP contribution is 2.39. The van der Waals surface area contributed by atoms with E-state index in [0.717, 1.165) is 24.3 Å². The molecule has 16 rings (SSSR count). The number of rotatable bonds is 22. The largest absolute Gasteiger partial charge is 0.389 e. The van der Waals surface area contributed by atoms with Crippen LogP contribution in [0.25, 0.3) is 88.6 Å². The van der Waals surface area contributed by atoms with E-state index in [2.05, 4.69) is 62.5 Å². The molecule has 4 saturated heterocycles. The summed E-state index contributed by atoms with van der Waals surface area (Å²) in [5, 5.41) is 31.3. The first-order valence-corrected chi connectivity index (χ1v) is 38.5. The summed E-state index contributed by atoms with van der Waals surface area (Å²) in [6.07, 6.45) is -0.386. The van der Waals surface area contributed by atoms with Gasteiger partial charge in [-0.3, -0.25) is 38.4 Å². The summed E-state index contributed by atoms with van der Waals surface area (Å²) in [5.74, 6) is -11.2. The number of aryl methyl sites for hydroxylation is 4. The zero-order chi connectivity index (χ0) is 87.1. The molecule has 4 aromatic heterocycles. The first kappa shape index (κ1) is 86.5. The Hall–Kier alpha value is -13.3. The second-order valence-corrected chi connectivity index (χ2v) is 29.7. The molecule has 0 aliphatic carbocycles. The standard InChI is InChI=1S/2C22H19F4N3O2.C22H20F3N3O2.C21H18F3N3O3/c2*23-10-14-9-18(22(31)27-14)28-19(30)6-5-15-16-7-13(25)8-17(26)21(16)29-20(15)11-1-3-12(24)4-2-11;1-11-10-26-22(30)19(11)27-18(29)7-6-15-16-8-14(24)9-17(25)21(16)28-20(15)12-2-4-13(23)5-3-12;22-11-3-1-10(2-4-11)18-13(14-7-12(23)8-15(24)19(14)27-18)5-6-17(29)26-20-16(28)9-25-21(20)30/h2*1-4,7-8,14,18,29H,5-6,9-10H2,(H,27,31)(H,28,30);2-5,8-9,11,19,28H,6-7,10H2,1H3,(H,26,30)(H,27,29);1-4,7-8,16,20,27-28H,5-6,9H2,(H,25,30)(H,26,29)/t14-,18+;14-,18-;11-,19-;16-,20-/m1000/s1. The average molecular weight is 1700 g/mol. The summed E-state index contributed by atoms with van der Waals surface area (Å²) in [7, 11) is 0. The molecule has 21 nitrogen and oxygen atoms in total. The lowest BCUT2D eigenvalue weighted by Gasteiger charge is -2.14. The molecular formula is C87H76F14N12O9. The third kappa shape index (κ3) is 19.9. The topological polar surface area (TPSA) is 316 Å². The number of hydrogen-bond acceptors (Lipinski definition) is 9. The van der Waals surface area contributed by atoms with Crippen molar-refractivity contribution in [3.8, 4) is 45.0 Å². The van der Waals surface area contributed by atoms with Gasteiger partial charge in [-0.1, -0.05) is 6.92 Å². The molecule has 4 fully saturated rings. The van der Waals surface area contributed by atoms with E-state index in [0.29, 0.717) is 79.2 Å². The number of hydrogen-bond donors (Lipinski definition) is 13. The van der Waals surface area contributed by atoms with Crippen molar-refractivity contribution in [3.63, 3.8) is 0 Å². The lowest BCUT2D eigenvalue weighted by molar-refractivity contribution is -0.128. The molecule has 0 spiro atoms. The number of alkyl halides is 2. The van der Waals surface area contributed by atoms with E-state index >= 15 is 0 Å². The molecule has 12 aromatic rings. The lowest BCUT2D eigenvalue weighted by Crippen LogP contribution is -2.45. The maximum absolute atomic E-state index is 14.3. The third-order valence-electron chi connectivity index (χ3n) is 21.3. The Bertz CT molecular complexity index is 5620. The monoisotopic (exact) mass is 1700 g/mol. The van der Waals surface area contributed by atoms with Crippen LogP contribution in [-0.2, 0) is 64.0 Å². The molecule has 8 aromatic carbocycles. The first-order valence-electron chi connectivity index (χ1n) is 38.5. The predicted molar refractivity (Wildman–Crippen MR) is 422 cm³/mol. The van der Waals surface area contributed by atoms with E-state index in [4.69, 9.17) is 0 Å². The summed E-state index contributed by atoms with van der Waals surface area (Å²) in [4.78, 5) is 108. The van der Waals surface area contributed by atoms with E-state index in [1.807, 2.05) is 6.92 Å². The number of aromatic nitrogens is 4. The van der Waals surface area contributed by atoms with Crippen LogP contribution in [0.2, 0.25) is 0 Å².